The maximum Gasteiger partial charge on any atom is 0.278 e. The molecule has 4 nitrogen and oxygen atoms in total. The molecule has 32 heavy (non-hydrogen) atoms. The van der Waals surface area contributed by atoms with Crippen molar-refractivity contribution in [2.45, 2.75) is 52.0 Å². The first kappa shape index (κ1) is 20.5. The number of nitrogens with zero attached hydrogens (tertiary/aromatic N) is 2. The normalized spacial score (nSPS) is 19.9. The summed E-state index contributed by atoms with van der Waals surface area (Å²) in [5.74, 6) is 1.93. The lowest BCUT2D eigenvalue weighted by atomic mass is 9.79. The molecule has 2 aliphatic rings. The maximum atomic E-state index is 13.6. The summed E-state index contributed by atoms with van der Waals surface area (Å²) >= 11 is 0. The van der Waals surface area contributed by atoms with Gasteiger partial charge in [-0.2, -0.15) is 0 Å². The zero-order valence-electron chi connectivity index (χ0n) is 19.1. The quantitative estimate of drug-likeness (QED) is 0.462. The summed E-state index contributed by atoms with van der Waals surface area (Å²) in [6.07, 6.45) is 1.88. The summed E-state index contributed by atoms with van der Waals surface area (Å²) < 4.78 is 5.88. The van der Waals surface area contributed by atoms with Gasteiger partial charge in [0.15, 0.2) is 0 Å². The van der Waals surface area contributed by atoms with Crippen LogP contribution in [-0.4, -0.2) is 17.2 Å². The highest BCUT2D eigenvalue weighted by Crippen LogP contribution is 2.49. The van der Waals surface area contributed by atoms with Crippen molar-refractivity contribution < 1.29 is 9.53 Å². The predicted molar refractivity (Wildman–Crippen MR) is 130 cm³/mol. The number of para-hydroxylation sites is 1. The van der Waals surface area contributed by atoms with Gasteiger partial charge in [0.2, 0.25) is 0 Å². The Bertz CT molecular complexity index is 1210. The number of carbonyl (C=O) groups is 1. The highest BCUT2D eigenvalue weighted by Gasteiger charge is 2.48. The second-order valence-electron chi connectivity index (χ2n) is 9.36. The third kappa shape index (κ3) is 3.40. The third-order valence-electron chi connectivity index (χ3n) is 6.49. The van der Waals surface area contributed by atoms with E-state index in [1.54, 1.807) is 0 Å². The van der Waals surface area contributed by atoms with Crippen LogP contribution < -0.4 is 9.64 Å². The number of rotatable bonds is 4. The van der Waals surface area contributed by atoms with E-state index >= 15 is 0 Å². The van der Waals surface area contributed by atoms with Crippen molar-refractivity contribution in [2.24, 2.45) is 4.99 Å². The van der Waals surface area contributed by atoms with Crippen LogP contribution >= 0.6 is 0 Å². The smallest absolute Gasteiger partial charge is 0.278 e. The third-order valence-corrected chi connectivity index (χ3v) is 6.49. The zero-order chi connectivity index (χ0) is 22.5. The van der Waals surface area contributed by atoms with Crippen molar-refractivity contribution in [1.82, 2.24) is 0 Å². The van der Waals surface area contributed by atoms with Gasteiger partial charge in [-0.3, -0.25) is 4.79 Å². The van der Waals surface area contributed by atoms with E-state index in [0.29, 0.717) is 11.6 Å². The van der Waals surface area contributed by atoms with Crippen molar-refractivity contribution in [1.29, 1.82) is 0 Å². The number of amides is 1. The molecule has 0 bridgehead atoms. The lowest BCUT2D eigenvalue weighted by molar-refractivity contribution is -0.113. The molecule has 162 valence electrons. The Morgan fingerprint density at radius 1 is 1.03 bits per heavy atom. The van der Waals surface area contributed by atoms with Gasteiger partial charge in [-0.25, -0.2) is 4.99 Å². The average Bonchev–Trinajstić information content (AvgIpc) is 3.06. The van der Waals surface area contributed by atoms with Crippen LogP contribution in [0.1, 0.15) is 56.7 Å². The molecule has 0 aliphatic carbocycles. The molecule has 0 aromatic heterocycles. The lowest BCUT2D eigenvalue weighted by Gasteiger charge is -2.43. The van der Waals surface area contributed by atoms with E-state index in [0.717, 1.165) is 41.3 Å². The number of hydrogen-bond donors (Lipinski definition) is 0. The van der Waals surface area contributed by atoms with Gasteiger partial charge in [0.1, 0.15) is 17.2 Å². The van der Waals surface area contributed by atoms with Crippen LogP contribution in [0.5, 0.6) is 11.5 Å². The van der Waals surface area contributed by atoms with Gasteiger partial charge in [-0.15, -0.1) is 0 Å². The van der Waals surface area contributed by atoms with Crippen molar-refractivity contribution in [3.63, 3.8) is 0 Å². The number of benzene rings is 3. The molecule has 0 saturated heterocycles. The standard InChI is InChI=1S/C28H28N2O2/c1-5-19-15-23-18(2)17-28(3,4)30-26(23)24(16-19)25(27(30)31)29-20-11-13-22(14-12-20)32-21-9-7-6-8-10-21/h6-16,18H,5,17H2,1-4H3/t18-/m1/s1. The molecule has 0 saturated carbocycles. The number of anilines is 1. The van der Waals surface area contributed by atoms with Gasteiger partial charge in [0.25, 0.3) is 5.91 Å². The molecule has 0 radical (unpaired) electrons. The summed E-state index contributed by atoms with van der Waals surface area (Å²) in [6.45, 7) is 8.73. The van der Waals surface area contributed by atoms with Crippen LogP contribution in [0.4, 0.5) is 11.4 Å². The lowest BCUT2D eigenvalue weighted by Crippen LogP contribution is -2.50. The summed E-state index contributed by atoms with van der Waals surface area (Å²) in [5.41, 5.74) is 5.58. The summed E-state index contributed by atoms with van der Waals surface area (Å²) in [4.78, 5) is 20.4. The van der Waals surface area contributed by atoms with Crippen molar-refractivity contribution >= 4 is 23.0 Å². The highest BCUT2D eigenvalue weighted by atomic mass is 16.5. The summed E-state index contributed by atoms with van der Waals surface area (Å²) in [6, 6.07) is 21.7. The van der Waals surface area contributed by atoms with Crippen LogP contribution in [0.15, 0.2) is 71.7 Å². The van der Waals surface area contributed by atoms with E-state index in [9.17, 15) is 4.79 Å². The molecule has 1 amide bonds. The molecule has 2 aliphatic heterocycles. The summed E-state index contributed by atoms with van der Waals surface area (Å²) in [5, 5.41) is 0. The van der Waals surface area contributed by atoms with Gasteiger partial charge in [0, 0.05) is 11.1 Å². The largest absolute Gasteiger partial charge is 0.457 e. The predicted octanol–water partition coefficient (Wildman–Crippen LogP) is 6.79. The van der Waals surface area contributed by atoms with Crippen LogP contribution in [-0.2, 0) is 11.2 Å². The Kier molecular flexibility index (Phi) is 4.89. The molecule has 0 fully saturated rings. The second kappa shape index (κ2) is 7.63. The Labute approximate surface area is 189 Å². The van der Waals surface area contributed by atoms with Crippen LogP contribution in [0.25, 0.3) is 0 Å². The Hall–Kier alpha value is -3.40. The highest BCUT2D eigenvalue weighted by molar-refractivity contribution is 6.55. The van der Waals surface area contributed by atoms with Crippen LogP contribution in [0.2, 0.25) is 0 Å². The molecular formula is C28H28N2O2. The molecule has 0 N–H and O–H groups in total. The number of aryl methyl sites for hydroxylation is 1. The fourth-order valence-electron chi connectivity index (χ4n) is 5.03. The molecular weight excluding hydrogens is 396 g/mol. The van der Waals surface area contributed by atoms with Crippen LogP contribution in [0.3, 0.4) is 0 Å². The summed E-state index contributed by atoms with van der Waals surface area (Å²) in [7, 11) is 0. The van der Waals surface area contributed by atoms with Gasteiger partial charge < -0.3 is 9.64 Å². The molecule has 5 rings (SSSR count). The number of carbonyl (C=O) groups excluding carboxylic acids is 1. The van der Waals surface area contributed by atoms with Gasteiger partial charge in [0.05, 0.1) is 11.4 Å². The average molecular weight is 425 g/mol. The Morgan fingerprint density at radius 3 is 2.41 bits per heavy atom. The van der Waals surface area contributed by atoms with E-state index in [2.05, 4.69) is 39.8 Å². The van der Waals surface area contributed by atoms with E-state index in [1.165, 1.54) is 11.1 Å². The molecule has 0 spiro atoms. The van der Waals surface area contributed by atoms with Gasteiger partial charge >= 0.3 is 0 Å². The topological polar surface area (TPSA) is 41.9 Å². The van der Waals surface area contributed by atoms with Crippen molar-refractivity contribution in [3.05, 3.63) is 83.4 Å². The monoisotopic (exact) mass is 424 g/mol. The minimum absolute atomic E-state index is 0.00369. The molecule has 2 heterocycles. The van der Waals surface area contributed by atoms with E-state index in [-0.39, 0.29) is 11.4 Å². The first-order valence-electron chi connectivity index (χ1n) is 11.3. The van der Waals surface area contributed by atoms with E-state index < -0.39 is 0 Å². The molecule has 3 aromatic carbocycles. The fourth-order valence-corrected chi connectivity index (χ4v) is 5.03. The minimum Gasteiger partial charge on any atom is -0.457 e. The molecule has 0 unspecified atom stereocenters. The molecule has 3 aromatic rings. The van der Waals surface area contributed by atoms with Gasteiger partial charge in [-0.1, -0.05) is 38.1 Å². The van der Waals surface area contributed by atoms with E-state index in [1.807, 2.05) is 59.5 Å². The first-order valence-corrected chi connectivity index (χ1v) is 11.3. The second-order valence-corrected chi connectivity index (χ2v) is 9.36. The number of aliphatic imine (C=N–C) groups is 1. The Morgan fingerprint density at radius 2 is 1.72 bits per heavy atom. The van der Waals surface area contributed by atoms with Crippen LogP contribution in [0, 0.1) is 0 Å². The van der Waals surface area contributed by atoms with Crippen molar-refractivity contribution in [3.8, 4) is 11.5 Å². The van der Waals surface area contributed by atoms with E-state index in [4.69, 9.17) is 9.73 Å². The van der Waals surface area contributed by atoms with Crippen molar-refractivity contribution in [2.75, 3.05) is 4.90 Å². The number of ether oxygens (including phenoxy) is 1. The Balaban J connectivity index is 1.54. The van der Waals surface area contributed by atoms with Gasteiger partial charge in [-0.05, 0) is 86.2 Å². The SMILES string of the molecule is CCc1cc2c3c(c1)[C@H](C)CC(C)(C)N3C(=O)C2=Nc1ccc(Oc2ccccc2)cc1. The zero-order valence-corrected chi connectivity index (χ0v) is 19.1. The minimum atomic E-state index is -0.239. The maximum absolute atomic E-state index is 13.6. The first-order chi connectivity index (χ1) is 15.4. The molecule has 1 atom stereocenters. The fraction of sp³-hybridized carbons (Fsp3) is 0.286. The molecule has 4 heteroatoms. The number of hydrogen-bond acceptors (Lipinski definition) is 3.